The fourth-order valence-electron chi connectivity index (χ4n) is 4.61. The highest BCUT2D eigenvalue weighted by Gasteiger charge is 2.36. The van der Waals surface area contributed by atoms with E-state index in [9.17, 15) is 4.79 Å². The highest BCUT2D eigenvalue weighted by molar-refractivity contribution is 5.74. The fourth-order valence-corrected chi connectivity index (χ4v) is 4.61. The first-order valence-electron chi connectivity index (χ1n) is 9.83. The van der Waals surface area contributed by atoms with Gasteiger partial charge < -0.3 is 15.5 Å². The van der Waals surface area contributed by atoms with Crippen molar-refractivity contribution in [1.82, 2.24) is 20.4 Å². The minimum atomic E-state index is 0.150. The van der Waals surface area contributed by atoms with Gasteiger partial charge in [-0.3, -0.25) is 4.90 Å². The zero-order chi connectivity index (χ0) is 17.1. The molecule has 4 rings (SSSR count). The van der Waals surface area contributed by atoms with E-state index in [0.717, 1.165) is 52.1 Å². The zero-order valence-corrected chi connectivity index (χ0v) is 15.0. The summed E-state index contributed by atoms with van der Waals surface area (Å²) in [6.07, 6.45) is 4.61. The van der Waals surface area contributed by atoms with E-state index in [2.05, 4.69) is 45.9 Å². The molecule has 2 aliphatic heterocycles. The summed E-state index contributed by atoms with van der Waals surface area (Å²) in [5, 5.41) is 6.91. The van der Waals surface area contributed by atoms with Gasteiger partial charge in [-0.25, -0.2) is 4.79 Å². The molecule has 3 fully saturated rings. The summed E-state index contributed by atoms with van der Waals surface area (Å²) >= 11 is 0. The summed E-state index contributed by atoms with van der Waals surface area (Å²) in [6, 6.07) is 11.8. The molecule has 5 heteroatoms. The number of urea groups is 1. The second-order valence-corrected chi connectivity index (χ2v) is 7.84. The van der Waals surface area contributed by atoms with Gasteiger partial charge in [-0.15, -0.1) is 0 Å². The van der Waals surface area contributed by atoms with Gasteiger partial charge in [-0.1, -0.05) is 30.3 Å². The standard InChI is InChI=1S/C20H30N4O/c25-20(22-19-8-7-18-13-17(19)14-21-18)24-10-4-9-23(11-12-24)15-16-5-2-1-3-6-16/h1-3,5-6,17-19,21H,4,7-15H2,(H,22,25). The summed E-state index contributed by atoms with van der Waals surface area (Å²) in [7, 11) is 0. The number of rotatable bonds is 3. The molecule has 1 aliphatic carbocycles. The van der Waals surface area contributed by atoms with Crippen LogP contribution in [0.4, 0.5) is 4.79 Å². The van der Waals surface area contributed by atoms with Crippen molar-refractivity contribution in [3.05, 3.63) is 35.9 Å². The van der Waals surface area contributed by atoms with Crippen LogP contribution >= 0.6 is 0 Å². The van der Waals surface area contributed by atoms with Crippen molar-refractivity contribution in [2.75, 3.05) is 32.7 Å². The van der Waals surface area contributed by atoms with E-state index in [1.165, 1.54) is 18.4 Å². The smallest absolute Gasteiger partial charge is 0.317 e. The molecule has 3 unspecified atom stereocenters. The number of hydrogen-bond donors (Lipinski definition) is 2. The number of fused-ring (bicyclic) bond motifs is 2. The number of nitrogens with one attached hydrogen (secondary N) is 2. The van der Waals surface area contributed by atoms with Gasteiger partial charge in [0, 0.05) is 51.4 Å². The molecule has 136 valence electrons. The topological polar surface area (TPSA) is 47.6 Å². The number of carbonyl (C=O) groups is 1. The molecule has 25 heavy (non-hydrogen) atoms. The van der Waals surface area contributed by atoms with E-state index in [4.69, 9.17) is 0 Å². The van der Waals surface area contributed by atoms with Crippen LogP contribution in [-0.4, -0.2) is 60.6 Å². The maximum absolute atomic E-state index is 12.7. The average Bonchev–Trinajstić information content (AvgIpc) is 2.87. The molecule has 1 aromatic carbocycles. The van der Waals surface area contributed by atoms with Crippen LogP contribution in [0.25, 0.3) is 0 Å². The molecule has 1 saturated carbocycles. The maximum atomic E-state index is 12.7. The number of amides is 2. The third kappa shape index (κ3) is 4.15. The lowest BCUT2D eigenvalue weighted by Gasteiger charge is -2.31. The number of nitrogens with zero attached hydrogens (tertiary/aromatic N) is 2. The minimum Gasteiger partial charge on any atom is -0.335 e. The SMILES string of the molecule is O=C(NC1CCC2CC1CN2)N1CCCN(Cc2ccccc2)CC1. The summed E-state index contributed by atoms with van der Waals surface area (Å²) in [5.74, 6) is 0.629. The summed E-state index contributed by atoms with van der Waals surface area (Å²) < 4.78 is 0. The van der Waals surface area contributed by atoms with Crippen molar-refractivity contribution in [1.29, 1.82) is 0 Å². The summed E-state index contributed by atoms with van der Waals surface area (Å²) in [6.45, 7) is 5.78. The first-order chi connectivity index (χ1) is 12.3. The molecule has 2 heterocycles. The number of hydrogen-bond acceptors (Lipinski definition) is 3. The largest absolute Gasteiger partial charge is 0.335 e. The van der Waals surface area contributed by atoms with Gasteiger partial charge in [-0.05, 0) is 37.2 Å². The molecular formula is C20H30N4O. The van der Waals surface area contributed by atoms with Crippen LogP contribution in [0.5, 0.6) is 0 Å². The van der Waals surface area contributed by atoms with Crippen molar-refractivity contribution in [2.24, 2.45) is 5.92 Å². The van der Waals surface area contributed by atoms with Crippen LogP contribution in [0.2, 0.25) is 0 Å². The van der Waals surface area contributed by atoms with Crippen LogP contribution in [0, 0.1) is 5.92 Å². The van der Waals surface area contributed by atoms with Gasteiger partial charge in [0.2, 0.25) is 0 Å². The fraction of sp³-hybridized carbons (Fsp3) is 0.650. The molecule has 2 amide bonds. The Hall–Kier alpha value is -1.59. The molecule has 2 saturated heterocycles. The molecule has 0 spiro atoms. The highest BCUT2D eigenvalue weighted by atomic mass is 16.2. The van der Waals surface area contributed by atoms with Gasteiger partial charge >= 0.3 is 6.03 Å². The Labute approximate surface area is 150 Å². The zero-order valence-electron chi connectivity index (χ0n) is 15.0. The predicted molar refractivity (Wildman–Crippen MR) is 99.4 cm³/mol. The van der Waals surface area contributed by atoms with Gasteiger partial charge in [0.05, 0.1) is 0 Å². The average molecular weight is 342 g/mol. The normalized spacial score (nSPS) is 30.1. The van der Waals surface area contributed by atoms with E-state index in [1.54, 1.807) is 0 Å². The molecular weight excluding hydrogens is 312 g/mol. The van der Waals surface area contributed by atoms with Crippen molar-refractivity contribution in [2.45, 2.75) is 44.3 Å². The van der Waals surface area contributed by atoms with E-state index in [-0.39, 0.29) is 6.03 Å². The van der Waals surface area contributed by atoms with Gasteiger partial charge in [0.15, 0.2) is 0 Å². The lowest BCUT2D eigenvalue weighted by molar-refractivity contribution is 0.184. The molecule has 3 aliphatic rings. The number of carbonyl (C=O) groups excluding carboxylic acids is 1. The lowest BCUT2D eigenvalue weighted by atomic mass is 9.86. The molecule has 0 aromatic heterocycles. The third-order valence-corrected chi connectivity index (χ3v) is 6.08. The minimum absolute atomic E-state index is 0.150. The second kappa shape index (κ2) is 7.75. The van der Waals surface area contributed by atoms with E-state index >= 15 is 0 Å². The summed E-state index contributed by atoms with van der Waals surface area (Å²) in [4.78, 5) is 17.2. The van der Waals surface area contributed by atoms with Crippen LogP contribution in [0.15, 0.2) is 30.3 Å². The van der Waals surface area contributed by atoms with E-state index in [1.807, 2.05) is 4.90 Å². The van der Waals surface area contributed by atoms with Crippen LogP contribution in [0.1, 0.15) is 31.2 Å². The Kier molecular flexibility index (Phi) is 5.22. The molecule has 3 atom stereocenters. The summed E-state index contributed by atoms with van der Waals surface area (Å²) in [5.41, 5.74) is 1.35. The second-order valence-electron chi connectivity index (χ2n) is 7.84. The Balaban J connectivity index is 1.27. The number of benzene rings is 1. The quantitative estimate of drug-likeness (QED) is 0.884. The Bertz CT molecular complexity index is 578. The molecule has 1 aromatic rings. The van der Waals surface area contributed by atoms with Gasteiger partial charge in [-0.2, -0.15) is 0 Å². The Morgan fingerprint density at radius 1 is 1.12 bits per heavy atom. The van der Waals surface area contributed by atoms with Crippen molar-refractivity contribution in [3.63, 3.8) is 0 Å². The Morgan fingerprint density at radius 3 is 2.88 bits per heavy atom. The first-order valence-corrected chi connectivity index (χ1v) is 9.83. The van der Waals surface area contributed by atoms with Gasteiger partial charge in [0.25, 0.3) is 0 Å². The van der Waals surface area contributed by atoms with E-state index in [0.29, 0.717) is 18.0 Å². The molecule has 5 nitrogen and oxygen atoms in total. The maximum Gasteiger partial charge on any atom is 0.317 e. The monoisotopic (exact) mass is 342 g/mol. The molecule has 2 bridgehead atoms. The Morgan fingerprint density at radius 2 is 2.00 bits per heavy atom. The van der Waals surface area contributed by atoms with Crippen LogP contribution < -0.4 is 10.6 Å². The molecule has 2 N–H and O–H groups in total. The van der Waals surface area contributed by atoms with Crippen molar-refractivity contribution < 1.29 is 4.79 Å². The lowest BCUT2D eigenvalue weighted by Crippen LogP contribution is -2.49. The van der Waals surface area contributed by atoms with E-state index < -0.39 is 0 Å². The molecule has 0 radical (unpaired) electrons. The predicted octanol–water partition coefficient (Wildman–Crippen LogP) is 2.04. The first kappa shape index (κ1) is 16.9. The van der Waals surface area contributed by atoms with Crippen LogP contribution in [-0.2, 0) is 6.54 Å². The van der Waals surface area contributed by atoms with Crippen molar-refractivity contribution >= 4 is 6.03 Å². The van der Waals surface area contributed by atoms with Crippen molar-refractivity contribution in [3.8, 4) is 0 Å². The third-order valence-electron chi connectivity index (χ3n) is 6.08. The van der Waals surface area contributed by atoms with Gasteiger partial charge in [0.1, 0.15) is 0 Å². The van der Waals surface area contributed by atoms with Crippen LogP contribution in [0.3, 0.4) is 0 Å². The highest BCUT2D eigenvalue weighted by Crippen LogP contribution is 2.29.